The summed E-state index contributed by atoms with van der Waals surface area (Å²) in [6.45, 7) is 3.15. The minimum Gasteiger partial charge on any atom is -0.300 e. The Bertz CT molecular complexity index is 507. The second-order valence-electron chi connectivity index (χ2n) is 4.16. The summed E-state index contributed by atoms with van der Waals surface area (Å²) in [5, 5.41) is 7.40. The van der Waals surface area contributed by atoms with Gasteiger partial charge in [0.15, 0.2) is 4.60 Å². The maximum Gasteiger partial charge on any atom is 0.260 e. The van der Waals surface area contributed by atoms with Gasteiger partial charge in [0, 0.05) is 44.7 Å². The maximum atomic E-state index is 12.1. The van der Waals surface area contributed by atoms with E-state index in [1.165, 1.54) is 4.68 Å². The summed E-state index contributed by atoms with van der Waals surface area (Å²) < 4.78 is 28.3. The number of halogens is 1. The van der Waals surface area contributed by atoms with Crippen LogP contribution < -0.4 is 4.72 Å². The molecule has 0 atom stereocenters. The van der Waals surface area contributed by atoms with Gasteiger partial charge in [-0.2, -0.15) is 11.8 Å². The number of aryl methyl sites for hydroxylation is 1. The largest absolute Gasteiger partial charge is 0.300 e. The van der Waals surface area contributed by atoms with Gasteiger partial charge in [-0.1, -0.05) is 5.21 Å². The lowest BCUT2D eigenvalue weighted by Gasteiger charge is -2.25. The van der Waals surface area contributed by atoms with E-state index < -0.39 is 10.0 Å². The van der Waals surface area contributed by atoms with Crippen LogP contribution in [0.2, 0.25) is 0 Å². The lowest BCUT2D eigenvalue weighted by molar-refractivity contribution is 0.307. The van der Waals surface area contributed by atoms with Crippen LogP contribution in [-0.2, 0) is 17.1 Å². The van der Waals surface area contributed by atoms with Crippen molar-refractivity contribution in [3.63, 3.8) is 0 Å². The molecule has 0 aliphatic carbocycles. The number of rotatable bonds is 5. The first-order valence-electron chi connectivity index (χ1n) is 5.85. The van der Waals surface area contributed by atoms with Crippen LogP contribution in [-0.4, -0.2) is 66.0 Å². The van der Waals surface area contributed by atoms with Crippen LogP contribution >= 0.6 is 27.7 Å². The van der Waals surface area contributed by atoms with E-state index in [1.54, 1.807) is 7.05 Å². The Hall–Kier alpha value is -0.160. The molecule has 1 N–H and O–H groups in total. The van der Waals surface area contributed by atoms with Crippen LogP contribution in [0.3, 0.4) is 0 Å². The van der Waals surface area contributed by atoms with Gasteiger partial charge < -0.3 is 4.90 Å². The van der Waals surface area contributed by atoms with Crippen molar-refractivity contribution in [3.05, 3.63) is 4.60 Å². The standard InChI is InChI=1S/C9H16BrN5O2S2/c1-14-9(8(10)12-13-14)19(16,17)11-2-3-15-4-6-18-7-5-15/h11H,2-7H2,1H3. The average Bonchev–Trinajstić information content (AvgIpc) is 2.70. The molecule has 108 valence electrons. The van der Waals surface area contributed by atoms with Gasteiger partial charge in [0.25, 0.3) is 10.0 Å². The van der Waals surface area contributed by atoms with Crippen molar-refractivity contribution in [2.75, 3.05) is 37.7 Å². The molecule has 1 aromatic rings. The van der Waals surface area contributed by atoms with E-state index in [0.717, 1.165) is 31.1 Å². The molecule has 0 amide bonds. The third kappa shape index (κ3) is 3.91. The van der Waals surface area contributed by atoms with Gasteiger partial charge in [-0.05, 0) is 15.9 Å². The molecule has 1 aromatic heterocycles. The van der Waals surface area contributed by atoms with Gasteiger partial charge in [-0.25, -0.2) is 17.8 Å². The van der Waals surface area contributed by atoms with Gasteiger partial charge in [-0.3, -0.25) is 0 Å². The molecule has 2 rings (SSSR count). The fourth-order valence-electron chi connectivity index (χ4n) is 1.84. The molecule has 1 aliphatic heterocycles. The van der Waals surface area contributed by atoms with E-state index in [9.17, 15) is 8.42 Å². The number of nitrogens with one attached hydrogen (secondary N) is 1. The highest BCUT2D eigenvalue weighted by Gasteiger charge is 2.23. The maximum absolute atomic E-state index is 12.1. The van der Waals surface area contributed by atoms with Crippen LogP contribution in [0.15, 0.2) is 9.63 Å². The molecule has 1 aliphatic rings. The predicted octanol–water partition coefficient (Wildman–Crippen LogP) is -0.0953. The van der Waals surface area contributed by atoms with Crippen LogP contribution in [0, 0.1) is 0 Å². The first-order chi connectivity index (χ1) is 9.00. The normalized spacial score (nSPS) is 17.8. The number of aromatic nitrogens is 3. The summed E-state index contributed by atoms with van der Waals surface area (Å²) in [5.74, 6) is 2.23. The van der Waals surface area contributed by atoms with Crippen molar-refractivity contribution in [2.45, 2.75) is 5.03 Å². The molecule has 0 bridgehead atoms. The second kappa shape index (κ2) is 6.53. The lowest BCUT2D eigenvalue weighted by atomic mass is 10.5. The summed E-state index contributed by atoms with van der Waals surface area (Å²) in [5.41, 5.74) is 0. The highest BCUT2D eigenvalue weighted by molar-refractivity contribution is 9.10. The van der Waals surface area contributed by atoms with E-state index in [0.29, 0.717) is 6.54 Å². The third-order valence-corrected chi connectivity index (χ3v) is 6.11. The van der Waals surface area contributed by atoms with Gasteiger partial charge in [0.2, 0.25) is 5.03 Å². The van der Waals surface area contributed by atoms with E-state index in [2.05, 4.69) is 35.9 Å². The van der Waals surface area contributed by atoms with Crippen molar-refractivity contribution in [3.8, 4) is 0 Å². The number of nitrogens with zero attached hydrogens (tertiary/aromatic N) is 4. The van der Waals surface area contributed by atoms with Gasteiger partial charge >= 0.3 is 0 Å². The van der Waals surface area contributed by atoms with E-state index in [-0.39, 0.29) is 9.63 Å². The Kier molecular flexibility index (Phi) is 5.23. The summed E-state index contributed by atoms with van der Waals surface area (Å²) in [4.78, 5) is 2.26. The van der Waals surface area contributed by atoms with Crippen LogP contribution in [0.4, 0.5) is 0 Å². The lowest BCUT2D eigenvalue weighted by Crippen LogP contribution is -2.39. The van der Waals surface area contributed by atoms with Crippen molar-refractivity contribution < 1.29 is 8.42 Å². The van der Waals surface area contributed by atoms with Crippen LogP contribution in [0.1, 0.15) is 0 Å². The van der Waals surface area contributed by atoms with Crippen molar-refractivity contribution in [1.82, 2.24) is 24.6 Å². The molecular weight excluding hydrogens is 354 g/mol. The Morgan fingerprint density at radius 3 is 2.68 bits per heavy atom. The molecule has 0 unspecified atom stereocenters. The van der Waals surface area contributed by atoms with Crippen LogP contribution in [0.25, 0.3) is 0 Å². The first-order valence-corrected chi connectivity index (χ1v) is 9.29. The Balaban J connectivity index is 1.91. The number of hydrogen-bond acceptors (Lipinski definition) is 6. The summed E-state index contributed by atoms with van der Waals surface area (Å²) in [6.07, 6.45) is 0. The molecule has 0 radical (unpaired) electrons. The third-order valence-electron chi connectivity index (χ3n) is 2.82. The summed E-state index contributed by atoms with van der Waals surface area (Å²) in [7, 11) is -2.02. The first kappa shape index (κ1) is 15.2. The SMILES string of the molecule is Cn1nnc(Br)c1S(=O)(=O)NCCN1CCSCC1. The fraction of sp³-hybridized carbons (Fsp3) is 0.778. The zero-order valence-electron chi connectivity index (χ0n) is 10.5. The van der Waals surface area contributed by atoms with Gasteiger partial charge in [0.05, 0.1) is 0 Å². The van der Waals surface area contributed by atoms with Gasteiger partial charge in [-0.15, -0.1) is 5.10 Å². The topological polar surface area (TPSA) is 80.1 Å². The Morgan fingerprint density at radius 2 is 2.11 bits per heavy atom. The molecule has 7 nitrogen and oxygen atoms in total. The second-order valence-corrected chi connectivity index (χ2v) is 7.82. The van der Waals surface area contributed by atoms with Crippen molar-refractivity contribution >= 4 is 37.7 Å². The monoisotopic (exact) mass is 369 g/mol. The number of sulfonamides is 1. The van der Waals surface area contributed by atoms with E-state index in [4.69, 9.17) is 0 Å². The van der Waals surface area contributed by atoms with Crippen molar-refractivity contribution in [1.29, 1.82) is 0 Å². The molecule has 0 aromatic carbocycles. The summed E-state index contributed by atoms with van der Waals surface area (Å²) in [6, 6.07) is 0. The molecular formula is C9H16BrN5O2S2. The zero-order chi connectivity index (χ0) is 13.9. The number of thioether (sulfide) groups is 1. The molecule has 10 heteroatoms. The zero-order valence-corrected chi connectivity index (χ0v) is 13.8. The average molecular weight is 370 g/mol. The van der Waals surface area contributed by atoms with E-state index in [1.807, 2.05) is 11.8 Å². The van der Waals surface area contributed by atoms with E-state index >= 15 is 0 Å². The molecule has 1 saturated heterocycles. The Labute approximate surface area is 125 Å². The highest BCUT2D eigenvalue weighted by Crippen LogP contribution is 2.17. The molecule has 0 spiro atoms. The fourth-order valence-corrected chi connectivity index (χ4v) is 4.93. The molecule has 2 heterocycles. The minimum absolute atomic E-state index is 0.0571. The van der Waals surface area contributed by atoms with Gasteiger partial charge in [0.1, 0.15) is 0 Å². The minimum atomic E-state index is -3.57. The highest BCUT2D eigenvalue weighted by atomic mass is 79.9. The Morgan fingerprint density at radius 1 is 1.42 bits per heavy atom. The molecule has 1 fully saturated rings. The summed E-state index contributed by atoms with van der Waals surface area (Å²) >= 11 is 5.03. The smallest absolute Gasteiger partial charge is 0.260 e. The van der Waals surface area contributed by atoms with Crippen LogP contribution in [0.5, 0.6) is 0 Å². The molecule has 0 saturated carbocycles. The quantitative estimate of drug-likeness (QED) is 0.780. The predicted molar refractivity (Wildman–Crippen MR) is 77.7 cm³/mol. The number of hydrogen-bond donors (Lipinski definition) is 1. The molecule has 19 heavy (non-hydrogen) atoms. The van der Waals surface area contributed by atoms with Crippen molar-refractivity contribution in [2.24, 2.45) is 7.05 Å².